The van der Waals surface area contributed by atoms with Crippen molar-refractivity contribution in [3.8, 4) is 11.3 Å². The first-order valence-electron chi connectivity index (χ1n) is 8.07. The Kier molecular flexibility index (Phi) is 4.18. The first kappa shape index (κ1) is 16.4. The van der Waals surface area contributed by atoms with Gasteiger partial charge in [0.1, 0.15) is 0 Å². The summed E-state index contributed by atoms with van der Waals surface area (Å²) in [4.78, 5) is 12.4. The lowest BCUT2D eigenvalue weighted by Crippen LogP contribution is -2.26. The molecule has 0 fully saturated rings. The van der Waals surface area contributed by atoms with Gasteiger partial charge in [-0.2, -0.15) is 5.10 Å². The van der Waals surface area contributed by atoms with Gasteiger partial charge in [0.05, 0.1) is 17.8 Å². The van der Waals surface area contributed by atoms with E-state index in [9.17, 15) is 4.79 Å². The molecule has 0 aliphatic carbocycles. The number of H-pyrrole nitrogens is 1. The molecule has 2 aromatic carbocycles. The Bertz CT molecular complexity index is 1070. The standard InChI is InChI=1S/C19H15ClN4O2/c1-11(12-2-5-15(20)6-3-12)22-19(25)17-9-18(26-24-17)13-4-7-16-14(8-13)10-21-23-16/h2-11H,1H3,(H,21,23)(H,22,25)/t11-/m1/s1. The highest BCUT2D eigenvalue weighted by molar-refractivity contribution is 6.30. The third-order valence-electron chi connectivity index (χ3n) is 4.19. The lowest BCUT2D eigenvalue weighted by Gasteiger charge is -2.13. The third-order valence-corrected chi connectivity index (χ3v) is 4.44. The molecule has 0 saturated heterocycles. The summed E-state index contributed by atoms with van der Waals surface area (Å²) >= 11 is 5.89. The van der Waals surface area contributed by atoms with Crippen molar-refractivity contribution in [3.63, 3.8) is 0 Å². The third kappa shape index (κ3) is 3.19. The zero-order valence-electron chi connectivity index (χ0n) is 13.9. The lowest BCUT2D eigenvalue weighted by atomic mass is 10.1. The molecule has 4 rings (SSSR count). The van der Waals surface area contributed by atoms with Gasteiger partial charge in [-0.3, -0.25) is 9.89 Å². The fourth-order valence-corrected chi connectivity index (χ4v) is 2.85. The molecule has 7 heteroatoms. The molecule has 0 bridgehead atoms. The predicted molar refractivity (Wildman–Crippen MR) is 98.9 cm³/mol. The minimum absolute atomic E-state index is 0.179. The van der Waals surface area contributed by atoms with Crippen LogP contribution in [-0.4, -0.2) is 21.3 Å². The van der Waals surface area contributed by atoms with Crippen LogP contribution in [-0.2, 0) is 0 Å². The minimum Gasteiger partial charge on any atom is -0.355 e. The number of amides is 1. The van der Waals surface area contributed by atoms with Crippen molar-refractivity contribution in [2.75, 3.05) is 0 Å². The predicted octanol–water partition coefficient (Wildman–Crippen LogP) is 4.36. The number of hydrogen-bond donors (Lipinski definition) is 2. The Labute approximate surface area is 154 Å². The van der Waals surface area contributed by atoms with Gasteiger partial charge in [-0.15, -0.1) is 0 Å². The number of hydrogen-bond acceptors (Lipinski definition) is 4. The van der Waals surface area contributed by atoms with Crippen molar-refractivity contribution in [2.24, 2.45) is 0 Å². The molecule has 0 aliphatic heterocycles. The van der Waals surface area contributed by atoms with Crippen molar-refractivity contribution in [2.45, 2.75) is 13.0 Å². The average Bonchev–Trinajstić information content (AvgIpc) is 3.31. The van der Waals surface area contributed by atoms with Gasteiger partial charge in [-0.05, 0) is 42.8 Å². The number of nitrogens with zero attached hydrogens (tertiary/aromatic N) is 2. The van der Waals surface area contributed by atoms with Gasteiger partial charge in [0, 0.05) is 22.0 Å². The molecule has 1 atom stereocenters. The second-order valence-electron chi connectivity index (χ2n) is 6.00. The van der Waals surface area contributed by atoms with Gasteiger partial charge in [-0.1, -0.05) is 28.9 Å². The van der Waals surface area contributed by atoms with E-state index in [1.807, 2.05) is 37.3 Å². The monoisotopic (exact) mass is 366 g/mol. The normalized spacial score (nSPS) is 12.2. The second-order valence-corrected chi connectivity index (χ2v) is 6.43. The summed E-state index contributed by atoms with van der Waals surface area (Å²) < 4.78 is 5.34. The summed E-state index contributed by atoms with van der Waals surface area (Å²) in [5.74, 6) is 0.226. The van der Waals surface area contributed by atoms with Crippen LogP contribution in [0.2, 0.25) is 5.02 Å². The van der Waals surface area contributed by atoms with Crippen LogP contribution in [0, 0.1) is 0 Å². The highest BCUT2D eigenvalue weighted by Gasteiger charge is 2.17. The molecule has 26 heavy (non-hydrogen) atoms. The number of halogens is 1. The van der Waals surface area contributed by atoms with Crippen LogP contribution in [0.3, 0.4) is 0 Å². The number of carbonyl (C=O) groups is 1. The Balaban J connectivity index is 1.51. The molecule has 2 aromatic heterocycles. The van der Waals surface area contributed by atoms with Gasteiger partial charge in [0.25, 0.3) is 5.91 Å². The first-order valence-corrected chi connectivity index (χ1v) is 8.44. The molecule has 0 radical (unpaired) electrons. The summed E-state index contributed by atoms with van der Waals surface area (Å²) in [6.45, 7) is 1.90. The summed E-state index contributed by atoms with van der Waals surface area (Å²) in [5, 5.41) is 15.3. The van der Waals surface area contributed by atoms with Gasteiger partial charge in [0.2, 0.25) is 0 Å². The van der Waals surface area contributed by atoms with Crippen molar-refractivity contribution in [1.82, 2.24) is 20.7 Å². The van der Waals surface area contributed by atoms with E-state index in [2.05, 4.69) is 20.7 Å². The topological polar surface area (TPSA) is 83.8 Å². The van der Waals surface area contributed by atoms with E-state index < -0.39 is 0 Å². The number of carbonyl (C=O) groups excluding carboxylic acids is 1. The van der Waals surface area contributed by atoms with E-state index in [1.165, 1.54) is 0 Å². The molecule has 0 spiro atoms. The van der Waals surface area contributed by atoms with Gasteiger partial charge < -0.3 is 9.84 Å². The van der Waals surface area contributed by atoms with Gasteiger partial charge in [-0.25, -0.2) is 0 Å². The van der Waals surface area contributed by atoms with E-state index in [0.29, 0.717) is 10.8 Å². The van der Waals surface area contributed by atoms with Crippen LogP contribution in [0.4, 0.5) is 0 Å². The van der Waals surface area contributed by atoms with E-state index in [0.717, 1.165) is 22.0 Å². The Hall–Kier alpha value is -3.12. The number of aromatic nitrogens is 3. The molecule has 130 valence electrons. The summed E-state index contributed by atoms with van der Waals surface area (Å²) in [6.07, 6.45) is 1.73. The highest BCUT2D eigenvalue weighted by Crippen LogP contribution is 2.24. The molecule has 4 aromatic rings. The second kappa shape index (κ2) is 6.65. The molecule has 0 unspecified atom stereocenters. The van der Waals surface area contributed by atoms with Crippen LogP contribution in [0.25, 0.3) is 22.2 Å². The summed E-state index contributed by atoms with van der Waals surface area (Å²) in [6, 6.07) is 14.5. The van der Waals surface area contributed by atoms with Crippen LogP contribution < -0.4 is 5.32 Å². The highest BCUT2D eigenvalue weighted by atomic mass is 35.5. The number of nitrogens with one attached hydrogen (secondary N) is 2. The summed E-state index contributed by atoms with van der Waals surface area (Å²) in [7, 11) is 0. The maximum absolute atomic E-state index is 12.4. The molecule has 6 nitrogen and oxygen atoms in total. The number of aromatic amines is 1. The maximum Gasteiger partial charge on any atom is 0.273 e. The largest absolute Gasteiger partial charge is 0.355 e. The SMILES string of the molecule is C[C@@H](NC(=O)c1cc(-c2ccc3[nH]ncc3c2)on1)c1ccc(Cl)cc1. The van der Waals surface area contributed by atoms with Gasteiger partial charge >= 0.3 is 0 Å². The first-order chi connectivity index (χ1) is 12.6. The van der Waals surface area contributed by atoms with Crippen LogP contribution >= 0.6 is 11.6 Å². The zero-order valence-corrected chi connectivity index (χ0v) is 14.6. The van der Waals surface area contributed by atoms with E-state index in [4.69, 9.17) is 16.1 Å². The Morgan fingerprint density at radius 3 is 2.81 bits per heavy atom. The smallest absolute Gasteiger partial charge is 0.273 e. The van der Waals surface area contributed by atoms with Crippen LogP contribution in [0.1, 0.15) is 29.0 Å². The molecular weight excluding hydrogens is 352 g/mol. The number of benzene rings is 2. The fourth-order valence-electron chi connectivity index (χ4n) is 2.72. The van der Waals surface area contributed by atoms with Gasteiger partial charge in [0.15, 0.2) is 11.5 Å². The minimum atomic E-state index is -0.299. The Morgan fingerprint density at radius 2 is 2.00 bits per heavy atom. The average molecular weight is 367 g/mol. The zero-order chi connectivity index (χ0) is 18.1. The molecule has 1 amide bonds. The van der Waals surface area contributed by atoms with Crippen molar-refractivity contribution in [1.29, 1.82) is 0 Å². The molecule has 0 aliphatic rings. The lowest BCUT2D eigenvalue weighted by molar-refractivity contribution is 0.0931. The molecular formula is C19H15ClN4O2. The molecule has 2 heterocycles. The number of fused-ring (bicyclic) bond motifs is 1. The van der Waals surface area contributed by atoms with Crippen LogP contribution in [0.15, 0.2) is 59.3 Å². The van der Waals surface area contributed by atoms with E-state index in [1.54, 1.807) is 24.4 Å². The maximum atomic E-state index is 12.4. The summed E-state index contributed by atoms with van der Waals surface area (Å²) in [5.41, 5.74) is 2.95. The van der Waals surface area contributed by atoms with E-state index >= 15 is 0 Å². The number of rotatable bonds is 4. The van der Waals surface area contributed by atoms with Crippen molar-refractivity contribution in [3.05, 3.63) is 71.0 Å². The Morgan fingerprint density at radius 1 is 1.19 bits per heavy atom. The van der Waals surface area contributed by atoms with Crippen molar-refractivity contribution < 1.29 is 9.32 Å². The van der Waals surface area contributed by atoms with E-state index in [-0.39, 0.29) is 17.6 Å². The molecule has 0 saturated carbocycles. The van der Waals surface area contributed by atoms with Crippen molar-refractivity contribution >= 4 is 28.4 Å². The molecule has 2 N–H and O–H groups in total. The fraction of sp³-hybridized carbons (Fsp3) is 0.105. The van der Waals surface area contributed by atoms with Crippen LogP contribution in [0.5, 0.6) is 0 Å². The quantitative estimate of drug-likeness (QED) is 0.562.